The lowest BCUT2D eigenvalue weighted by molar-refractivity contribution is -0.0415. The Morgan fingerprint density at radius 2 is 0.444 bits per heavy atom. The molecule has 0 radical (unpaired) electrons. The summed E-state index contributed by atoms with van der Waals surface area (Å²) in [6.45, 7) is 30.6. The highest BCUT2D eigenvalue weighted by molar-refractivity contribution is 4.86. The smallest absolute Gasteiger partial charge is 0.0704 e. The van der Waals surface area contributed by atoms with Gasteiger partial charge in [-0.2, -0.15) is 0 Å². The van der Waals surface area contributed by atoms with Gasteiger partial charge < -0.3 is 95.1 Å². The fourth-order valence-corrected chi connectivity index (χ4v) is 7.70. The minimum atomic E-state index is 0.0205. The van der Waals surface area contributed by atoms with Gasteiger partial charge in [0.05, 0.1) is 257 Å². The van der Waals surface area contributed by atoms with E-state index in [1.165, 1.54) is 19.3 Å². The minimum Gasteiger partial charge on any atom is -0.394 e. The van der Waals surface area contributed by atoms with Crippen LogP contribution >= 0.6 is 0 Å². The molecule has 0 amide bonds. The van der Waals surface area contributed by atoms with Crippen molar-refractivity contribution >= 4 is 0 Å². The number of hydrogen-bond acceptors (Lipinski definition) is 20. The van der Waals surface area contributed by atoms with Crippen LogP contribution < -0.4 is 0 Å². The van der Waals surface area contributed by atoms with E-state index in [9.17, 15) is 0 Å². The van der Waals surface area contributed by atoms with Gasteiger partial charge in [0.15, 0.2) is 0 Å². The first kappa shape index (κ1) is 69.2. The van der Waals surface area contributed by atoms with Gasteiger partial charge in [-0.05, 0) is 48.9 Å². The molecule has 0 aromatic carbocycles. The topological polar surface area (TPSA) is 196 Å². The van der Waals surface area contributed by atoms with Crippen molar-refractivity contribution in [2.75, 3.05) is 251 Å². The number of hydrogen-bond donors (Lipinski definition) is 1. The maximum atomic E-state index is 8.61. The van der Waals surface area contributed by atoms with E-state index in [-0.39, 0.29) is 6.61 Å². The standard InChI is InChI=1S/C52H104O20/c1-51(2,3)48-52(4,5)49-6-8-50(9-7-49)72-47-46-71-45-44-70-43-42-69-41-40-68-39-38-67-37-36-66-35-34-65-33-32-64-31-30-63-29-28-62-27-26-61-25-24-60-23-22-59-21-20-58-19-18-57-17-16-56-15-14-55-13-12-54-11-10-53/h49-50,53H,6-48H2,1-5H3. The Kier molecular flexibility index (Phi) is 51.5. The van der Waals surface area contributed by atoms with Crippen LogP contribution in [0.3, 0.4) is 0 Å². The van der Waals surface area contributed by atoms with Crippen LogP contribution in [-0.2, 0) is 90.0 Å². The highest BCUT2D eigenvalue weighted by Crippen LogP contribution is 2.45. The van der Waals surface area contributed by atoms with Gasteiger partial charge in [0.2, 0.25) is 0 Å². The second kappa shape index (κ2) is 53.6. The highest BCUT2D eigenvalue weighted by atomic mass is 16.6. The Morgan fingerprint density at radius 1 is 0.264 bits per heavy atom. The monoisotopic (exact) mass is 1050 g/mol. The van der Waals surface area contributed by atoms with Crippen molar-refractivity contribution in [1.29, 1.82) is 0 Å². The van der Waals surface area contributed by atoms with Crippen molar-refractivity contribution in [1.82, 2.24) is 0 Å². The van der Waals surface area contributed by atoms with Gasteiger partial charge in [-0.1, -0.05) is 34.6 Å². The fourth-order valence-electron chi connectivity index (χ4n) is 7.70. The lowest BCUT2D eigenvalue weighted by Gasteiger charge is -2.42. The average molecular weight is 1050 g/mol. The summed E-state index contributed by atoms with van der Waals surface area (Å²) in [4.78, 5) is 0. The van der Waals surface area contributed by atoms with E-state index in [1.54, 1.807) is 0 Å². The molecule has 72 heavy (non-hydrogen) atoms. The molecule has 1 N–H and O–H groups in total. The first-order valence-corrected chi connectivity index (χ1v) is 26.9. The predicted octanol–water partition coefficient (Wildman–Crippen LogP) is 4.32. The Hall–Kier alpha value is -0.800. The summed E-state index contributed by atoms with van der Waals surface area (Å²) in [6.07, 6.45) is 6.47. The third kappa shape index (κ3) is 51.3. The zero-order valence-electron chi connectivity index (χ0n) is 45.8. The van der Waals surface area contributed by atoms with E-state index in [0.29, 0.717) is 261 Å². The van der Waals surface area contributed by atoms with Gasteiger partial charge in [0.25, 0.3) is 0 Å². The summed E-state index contributed by atoms with van der Waals surface area (Å²) in [7, 11) is 0. The molecule has 0 saturated heterocycles. The molecule has 0 unspecified atom stereocenters. The van der Waals surface area contributed by atoms with Gasteiger partial charge in [-0.25, -0.2) is 0 Å². The van der Waals surface area contributed by atoms with Crippen LogP contribution in [-0.4, -0.2) is 262 Å². The largest absolute Gasteiger partial charge is 0.394 e. The van der Waals surface area contributed by atoms with E-state index in [0.717, 1.165) is 18.8 Å². The van der Waals surface area contributed by atoms with Crippen molar-refractivity contribution in [2.45, 2.75) is 72.8 Å². The van der Waals surface area contributed by atoms with E-state index >= 15 is 0 Å². The molecule has 0 atom stereocenters. The summed E-state index contributed by atoms with van der Waals surface area (Å²) >= 11 is 0. The van der Waals surface area contributed by atoms with Crippen molar-refractivity contribution in [3.63, 3.8) is 0 Å². The molecule has 0 bridgehead atoms. The molecule has 0 heterocycles. The van der Waals surface area contributed by atoms with E-state index in [2.05, 4.69) is 34.6 Å². The van der Waals surface area contributed by atoms with Crippen molar-refractivity contribution < 1.29 is 95.1 Å². The molecular weight excluding hydrogens is 945 g/mol. The van der Waals surface area contributed by atoms with Crippen LogP contribution in [0.2, 0.25) is 0 Å². The molecule has 1 saturated carbocycles. The number of aliphatic hydroxyl groups is 1. The molecule has 20 nitrogen and oxygen atoms in total. The SMILES string of the molecule is CC(C)(C)CC(C)(C)C1CCC(OCCOCCOCCOCCOCCOCCOCCOCCOCCOCCOCCOCCOCCOCCOCCOCCOCCOCCOCCO)CC1. The third-order valence-corrected chi connectivity index (χ3v) is 10.9. The molecule has 20 heteroatoms. The molecule has 1 aliphatic carbocycles. The maximum Gasteiger partial charge on any atom is 0.0704 e. The van der Waals surface area contributed by atoms with Crippen LogP contribution in [0.4, 0.5) is 0 Å². The quantitative estimate of drug-likeness (QED) is 0.0846. The van der Waals surface area contributed by atoms with Crippen molar-refractivity contribution in [2.24, 2.45) is 16.7 Å². The zero-order valence-corrected chi connectivity index (χ0v) is 45.8. The van der Waals surface area contributed by atoms with Crippen molar-refractivity contribution in [3.8, 4) is 0 Å². The lowest BCUT2D eigenvalue weighted by Crippen LogP contribution is -2.34. The second-order valence-electron chi connectivity index (χ2n) is 18.8. The van der Waals surface area contributed by atoms with Gasteiger partial charge in [-0.15, -0.1) is 0 Å². The van der Waals surface area contributed by atoms with Crippen LogP contribution in [0.25, 0.3) is 0 Å². The molecule has 1 rings (SSSR count). The van der Waals surface area contributed by atoms with Crippen LogP contribution in [0.1, 0.15) is 66.7 Å². The number of ether oxygens (including phenoxy) is 19. The second-order valence-corrected chi connectivity index (χ2v) is 18.8. The van der Waals surface area contributed by atoms with E-state index < -0.39 is 0 Å². The van der Waals surface area contributed by atoms with E-state index in [1.807, 2.05) is 0 Å². The normalized spacial score (nSPS) is 15.6. The molecule has 0 aromatic rings. The molecule has 0 spiro atoms. The average Bonchev–Trinajstić information content (AvgIpc) is 3.35. The first-order valence-electron chi connectivity index (χ1n) is 26.9. The fraction of sp³-hybridized carbons (Fsp3) is 1.00. The molecule has 432 valence electrons. The summed E-state index contributed by atoms with van der Waals surface area (Å²) in [6, 6.07) is 0. The highest BCUT2D eigenvalue weighted by Gasteiger charge is 2.36. The summed E-state index contributed by atoms with van der Waals surface area (Å²) < 4.78 is 105. The Labute approximate surface area is 434 Å². The van der Waals surface area contributed by atoms with Gasteiger partial charge in [0, 0.05) is 0 Å². The van der Waals surface area contributed by atoms with Gasteiger partial charge >= 0.3 is 0 Å². The van der Waals surface area contributed by atoms with Crippen molar-refractivity contribution in [3.05, 3.63) is 0 Å². The molecule has 0 aromatic heterocycles. The molecular formula is C52H104O20. The molecule has 1 aliphatic rings. The number of rotatable bonds is 59. The van der Waals surface area contributed by atoms with Crippen LogP contribution in [0.5, 0.6) is 0 Å². The maximum absolute atomic E-state index is 8.61. The molecule has 0 aliphatic heterocycles. The summed E-state index contributed by atoms with van der Waals surface area (Å²) in [5, 5.41) is 8.61. The first-order chi connectivity index (χ1) is 35.2. The summed E-state index contributed by atoms with van der Waals surface area (Å²) in [5.74, 6) is 0.787. The lowest BCUT2D eigenvalue weighted by atomic mass is 9.64. The molecule has 1 fully saturated rings. The van der Waals surface area contributed by atoms with Gasteiger partial charge in [0.1, 0.15) is 0 Å². The predicted molar refractivity (Wildman–Crippen MR) is 271 cm³/mol. The summed E-state index contributed by atoms with van der Waals surface area (Å²) in [5.41, 5.74) is 0.755. The Bertz CT molecular complexity index is 1050. The zero-order chi connectivity index (χ0) is 52.0. The van der Waals surface area contributed by atoms with Gasteiger partial charge in [-0.3, -0.25) is 0 Å². The Morgan fingerprint density at radius 3 is 0.625 bits per heavy atom. The minimum absolute atomic E-state index is 0.0205. The third-order valence-electron chi connectivity index (χ3n) is 10.9. The Balaban J connectivity index is 1.63. The number of aliphatic hydroxyl groups excluding tert-OH is 1. The van der Waals surface area contributed by atoms with Crippen LogP contribution in [0, 0.1) is 16.7 Å². The van der Waals surface area contributed by atoms with E-state index in [4.69, 9.17) is 95.1 Å². The van der Waals surface area contributed by atoms with Crippen LogP contribution in [0.15, 0.2) is 0 Å².